The van der Waals surface area contributed by atoms with Crippen LogP contribution in [0.1, 0.15) is 43.7 Å². The molecule has 0 aliphatic heterocycles. The van der Waals surface area contributed by atoms with Crippen molar-refractivity contribution in [3.8, 4) is 11.3 Å². The predicted molar refractivity (Wildman–Crippen MR) is 101 cm³/mol. The van der Waals surface area contributed by atoms with Gasteiger partial charge in [0.15, 0.2) is 5.76 Å². The number of rotatable bonds is 6. The van der Waals surface area contributed by atoms with Crippen LogP contribution in [-0.2, 0) is 16.1 Å². The van der Waals surface area contributed by atoms with Crippen molar-refractivity contribution in [2.24, 2.45) is 11.8 Å². The number of halogens is 1. The number of oxazole rings is 1. The number of nitrogens with one attached hydrogen (secondary N) is 1. The van der Waals surface area contributed by atoms with Gasteiger partial charge in [-0.05, 0) is 62.8 Å². The molecule has 1 aliphatic rings. The van der Waals surface area contributed by atoms with Gasteiger partial charge in [-0.2, -0.15) is 0 Å². The van der Waals surface area contributed by atoms with Crippen LogP contribution in [0, 0.1) is 18.8 Å². The van der Waals surface area contributed by atoms with Crippen LogP contribution in [0.25, 0.3) is 11.3 Å². The molecule has 1 aromatic carbocycles. The second-order valence-corrected chi connectivity index (χ2v) is 7.50. The van der Waals surface area contributed by atoms with Crippen molar-refractivity contribution < 1.29 is 19.1 Å². The Balaban J connectivity index is 1.50. The van der Waals surface area contributed by atoms with Gasteiger partial charge in [-0.3, -0.25) is 9.59 Å². The predicted octanol–water partition coefficient (Wildman–Crippen LogP) is 4.20. The monoisotopic (exact) mass is 390 g/mol. The third-order valence-electron chi connectivity index (χ3n) is 5.05. The molecule has 0 radical (unpaired) electrons. The summed E-state index contributed by atoms with van der Waals surface area (Å²) in [6.45, 7) is 2.09. The first kappa shape index (κ1) is 19.4. The van der Waals surface area contributed by atoms with Gasteiger partial charge in [-0.15, -0.1) is 0 Å². The van der Waals surface area contributed by atoms with Gasteiger partial charge in [-0.1, -0.05) is 11.6 Å². The molecular formula is C20H23ClN2O4. The summed E-state index contributed by atoms with van der Waals surface area (Å²) in [4.78, 5) is 27.6. The summed E-state index contributed by atoms with van der Waals surface area (Å²) in [6.07, 6.45) is 3.27. The quantitative estimate of drug-likeness (QED) is 0.771. The van der Waals surface area contributed by atoms with Crippen molar-refractivity contribution in [3.63, 3.8) is 0 Å². The van der Waals surface area contributed by atoms with Crippen molar-refractivity contribution in [1.82, 2.24) is 10.3 Å². The molecule has 3 rings (SSSR count). The molecule has 2 aromatic rings. The molecule has 1 aromatic heterocycles. The second kappa shape index (κ2) is 8.57. The summed E-state index contributed by atoms with van der Waals surface area (Å²) >= 11 is 5.91. The van der Waals surface area contributed by atoms with E-state index >= 15 is 0 Å². The molecule has 0 unspecified atom stereocenters. The van der Waals surface area contributed by atoms with Gasteiger partial charge in [-0.25, -0.2) is 4.98 Å². The summed E-state index contributed by atoms with van der Waals surface area (Å²) in [5.41, 5.74) is 1.64. The number of aromatic nitrogens is 1. The Morgan fingerprint density at radius 3 is 2.52 bits per heavy atom. The van der Waals surface area contributed by atoms with Gasteiger partial charge in [0.05, 0.1) is 18.2 Å². The number of aliphatic carboxylic acids is 1. The zero-order valence-corrected chi connectivity index (χ0v) is 16.0. The van der Waals surface area contributed by atoms with Crippen LogP contribution in [0.3, 0.4) is 0 Å². The van der Waals surface area contributed by atoms with Crippen molar-refractivity contribution in [3.05, 3.63) is 40.9 Å². The van der Waals surface area contributed by atoms with Crippen molar-refractivity contribution >= 4 is 23.5 Å². The normalized spacial score (nSPS) is 19.6. The molecule has 144 valence electrons. The van der Waals surface area contributed by atoms with Crippen LogP contribution >= 0.6 is 11.6 Å². The third kappa shape index (κ3) is 5.10. The van der Waals surface area contributed by atoms with E-state index in [-0.39, 0.29) is 24.3 Å². The highest BCUT2D eigenvalue weighted by Gasteiger charge is 2.27. The van der Waals surface area contributed by atoms with Crippen LogP contribution < -0.4 is 5.32 Å². The molecule has 0 bridgehead atoms. The molecule has 1 saturated carbocycles. The van der Waals surface area contributed by atoms with E-state index in [1.165, 1.54) is 0 Å². The van der Waals surface area contributed by atoms with E-state index in [9.17, 15) is 9.59 Å². The molecule has 7 heteroatoms. The van der Waals surface area contributed by atoms with Crippen molar-refractivity contribution in [2.75, 3.05) is 0 Å². The fourth-order valence-electron chi connectivity index (χ4n) is 3.52. The molecule has 0 saturated heterocycles. The van der Waals surface area contributed by atoms with Gasteiger partial charge in [0, 0.05) is 17.0 Å². The number of hydrogen-bond donors (Lipinski definition) is 2. The van der Waals surface area contributed by atoms with Crippen LogP contribution in [0.2, 0.25) is 5.02 Å². The Morgan fingerprint density at radius 1 is 1.22 bits per heavy atom. The highest BCUT2D eigenvalue weighted by atomic mass is 35.5. The lowest BCUT2D eigenvalue weighted by molar-refractivity contribution is -0.143. The highest BCUT2D eigenvalue weighted by Crippen LogP contribution is 2.31. The second-order valence-electron chi connectivity index (χ2n) is 7.07. The first-order valence-electron chi connectivity index (χ1n) is 9.14. The lowest BCUT2D eigenvalue weighted by atomic mass is 9.80. The van der Waals surface area contributed by atoms with Crippen LogP contribution in [0.4, 0.5) is 0 Å². The highest BCUT2D eigenvalue weighted by molar-refractivity contribution is 6.30. The topological polar surface area (TPSA) is 92.4 Å². The van der Waals surface area contributed by atoms with E-state index in [1.807, 2.05) is 19.1 Å². The minimum atomic E-state index is -0.728. The van der Waals surface area contributed by atoms with Crippen LogP contribution in [0.5, 0.6) is 0 Å². The van der Waals surface area contributed by atoms with E-state index < -0.39 is 5.97 Å². The van der Waals surface area contributed by atoms with E-state index in [2.05, 4.69) is 10.3 Å². The molecule has 0 spiro atoms. The number of carboxylic acids is 1. The Hall–Kier alpha value is -2.34. The molecule has 27 heavy (non-hydrogen) atoms. The Kier molecular flexibility index (Phi) is 6.16. The van der Waals surface area contributed by atoms with Crippen molar-refractivity contribution in [2.45, 2.75) is 45.6 Å². The first-order chi connectivity index (χ1) is 12.9. The fraction of sp³-hybridized carbons (Fsp3) is 0.450. The average molecular weight is 391 g/mol. The molecular weight excluding hydrogens is 368 g/mol. The Labute approximate surface area is 162 Å². The maximum Gasteiger partial charge on any atom is 0.306 e. The molecule has 2 N–H and O–H groups in total. The number of carbonyl (C=O) groups is 2. The van der Waals surface area contributed by atoms with Crippen LogP contribution in [0.15, 0.2) is 28.7 Å². The average Bonchev–Trinajstić information content (AvgIpc) is 3.02. The molecule has 6 nitrogen and oxygen atoms in total. The number of aryl methyl sites for hydroxylation is 1. The smallest absolute Gasteiger partial charge is 0.306 e. The Bertz CT molecular complexity index is 808. The van der Waals surface area contributed by atoms with E-state index in [4.69, 9.17) is 21.1 Å². The molecule has 1 aliphatic carbocycles. The number of amides is 1. The summed E-state index contributed by atoms with van der Waals surface area (Å²) in [7, 11) is 0. The van der Waals surface area contributed by atoms with Gasteiger partial charge >= 0.3 is 5.97 Å². The number of carboxylic acid groups (broad SMARTS) is 1. The minimum absolute atomic E-state index is 0.0577. The minimum Gasteiger partial charge on any atom is -0.481 e. The molecule has 0 atom stereocenters. The lowest BCUT2D eigenvalue weighted by Gasteiger charge is -2.25. The van der Waals surface area contributed by atoms with Gasteiger partial charge in [0.1, 0.15) is 0 Å². The lowest BCUT2D eigenvalue weighted by Crippen LogP contribution is -2.28. The number of hydrogen-bond acceptors (Lipinski definition) is 4. The van der Waals surface area contributed by atoms with Crippen LogP contribution in [-0.4, -0.2) is 22.0 Å². The largest absolute Gasteiger partial charge is 0.481 e. The third-order valence-corrected chi connectivity index (χ3v) is 5.31. The summed E-state index contributed by atoms with van der Waals surface area (Å²) < 4.78 is 5.79. The zero-order chi connectivity index (χ0) is 19.4. The number of benzene rings is 1. The Morgan fingerprint density at radius 2 is 1.89 bits per heavy atom. The standard InChI is InChI=1S/C20H23ClN2O4/c1-12-19(14-6-8-16(21)9-7-14)27-18(23-12)11-22-17(24)10-13-2-4-15(5-3-13)20(25)26/h6-9,13,15H,2-5,10-11H2,1H3,(H,22,24)(H,25,26). The maximum atomic E-state index is 12.2. The maximum absolute atomic E-state index is 12.2. The van der Waals surface area contributed by atoms with Crippen molar-refractivity contribution in [1.29, 1.82) is 0 Å². The van der Waals surface area contributed by atoms with Gasteiger partial charge in [0.25, 0.3) is 0 Å². The molecule has 1 fully saturated rings. The zero-order valence-electron chi connectivity index (χ0n) is 15.2. The molecule has 1 amide bonds. The molecule has 1 heterocycles. The summed E-state index contributed by atoms with van der Waals surface area (Å²) in [5, 5.41) is 12.5. The first-order valence-corrected chi connectivity index (χ1v) is 9.52. The number of nitrogens with zero attached hydrogens (tertiary/aromatic N) is 1. The summed E-state index contributed by atoms with van der Waals surface area (Å²) in [5.74, 6) is 0.331. The van der Waals surface area contributed by atoms with Gasteiger partial charge in [0.2, 0.25) is 11.8 Å². The number of carbonyl (C=O) groups excluding carboxylic acids is 1. The van der Waals surface area contributed by atoms with E-state index in [1.54, 1.807) is 12.1 Å². The van der Waals surface area contributed by atoms with Gasteiger partial charge < -0.3 is 14.8 Å². The van der Waals surface area contributed by atoms with E-state index in [0.717, 1.165) is 24.1 Å². The fourth-order valence-corrected chi connectivity index (χ4v) is 3.65. The SMILES string of the molecule is Cc1nc(CNC(=O)CC2CCC(C(=O)O)CC2)oc1-c1ccc(Cl)cc1. The van der Waals surface area contributed by atoms with E-state index in [0.29, 0.717) is 35.9 Å². The summed E-state index contributed by atoms with van der Waals surface area (Å²) in [6, 6.07) is 7.32.